The van der Waals surface area contributed by atoms with Crippen LogP contribution in [0, 0.1) is 6.92 Å². The van der Waals surface area contributed by atoms with Crippen LogP contribution in [0.4, 0.5) is 0 Å². The highest BCUT2D eigenvalue weighted by Crippen LogP contribution is 2.28. The average molecular weight is 282 g/mol. The number of allylic oxidation sites excluding steroid dienone is 1. The Morgan fingerprint density at radius 3 is 2.67 bits per heavy atom. The molecule has 1 aromatic carbocycles. The summed E-state index contributed by atoms with van der Waals surface area (Å²) in [6, 6.07) is 10.0. The van der Waals surface area contributed by atoms with E-state index in [1.165, 1.54) is 0 Å². The summed E-state index contributed by atoms with van der Waals surface area (Å²) in [5.41, 5.74) is 3.77. The summed E-state index contributed by atoms with van der Waals surface area (Å²) >= 11 is 0. The summed E-state index contributed by atoms with van der Waals surface area (Å²) < 4.78 is 2.07. The molecular weight excluding hydrogens is 260 g/mol. The number of nitrogens with one attached hydrogen (secondary N) is 1. The molecule has 1 heterocycles. The van der Waals surface area contributed by atoms with E-state index in [1.54, 1.807) is 0 Å². The molecule has 0 unspecified atom stereocenters. The van der Waals surface area contributed by atoms with Crippen LogP contribution in [0.25, 0.3) is 11.1 Å². The van der Waals surface area contributed by atoms with Gasteiger partial charge in [-0.05, 0) is 18.9 Å². The number of nitrogens with zero attached hydrogens (tertiary/aromatic N) is 1. The molecule has 3 nitrogen and oxygen atoms in total. The van der Waals surface area contributed by atoms with E-state index in [0.717, 1.165) is 28.8 Å². The van der Waals surface area contributed by atoms with Crippen molar-refractivity contribution in [2.45, 2.75) is 26.8 Å². The lowest BCUT2D eigenvalue weighted by atomic mass is 10.0. The van der Waals surface area contributed by atoms with Crippen molar-refractivity contribution in [3.05, 3.63) is 60.4 Å². The Kier molecular flexibility index (Phi) is 4.99. The Morgan fingerprint density at radius 2 is 2.05 bits per heavy atom. The number of aromatic nitrogens is 1. The van der Waals surface area contributed by atoms with Crippen molar-refractivity contribution in [2.75, 3.05) is 6.54 Å². The standard InChI is InChI=1S/C18H22N2O/c1-4-11-19-18(21)17-14(3)20(12-5-2)13-16(17)15-9-7-6-8-10-15/h5-10,13H,2,4,11-12H2,1,3H3,(H,19,21). The first kappa shape index (κ1) is 15.1. The van der Waals surface area contributed by atoms with Crippen molar-refractivity contribution < 1.29 is 4.79 Å². The Labute approximate surface area is 126 Å². The molecule has 3 heteroatoms. The van der Waals surface area contributed by atoms with Crippen LogP contribution < -0.4 is 5.32 Å². The molecule has 0 saturated heterocycles. The Balaban J connectivity index is 2.49. The van der Waals surface area contributed by atoms with Crippen molar-refractivity contribution >= 4 is 5.91 Å². The highest BCUT2D eigenvalue weighted by atomic mass is 16.1. The summed E-state index contributed by atoms with van der Waals surface area (Å²) in [4.78, 5) is 12.5. The molecule has 0 aliphatic carbocycles. The first-order valence-corrected chi connectivity index (χ1v) is 7.33. The van der Waals surface area contributed by atoms with Crippen LogP contribution in [0.3, 0.4) is 0 Å². The van der Waals surface area contributed by atoms with Crippen molar-refractivity contribution in [2.24, 2.45) is 0 Å². The van der Waals surface area contributed by atoms with Crippen LogP contribution in [0.15, 0.2) is 49.2 Å². The van der Waals surface area contributed by atoms with Gasteiger partial charge in [-0.2, -0.15) is 0 Å². The number of hydrogen-bond acceptors (Lipinski definition) is 1. The summed E-state index contributed by atoms with van der Waals surface area (Å²) in [6.45, 7) is 9.21. The minimum Gasteiger partial charge on any atom is -0.352 e. The second-order valence-electron chi connectivity index (χ2n) is 5.07. The van der Waals surface area contributed by atoms with E-state index in [4.69, 9.17) is 0 Å². The van der Waals surface area contributed by atoms with Gasteiger partial charge in [-0.3, -0.25) is 4.79 Å². The number of carbonyl (C=O) groups is 1. The van der Waals surface area contributed by atoms with Crippen molar-refractivity contribution in [1.82, 2.24) is 9.88 Å². The van der Waals surface area contributed by atoms with Gasteiger partial charge in [-0.25, -0.2) is 0 Å². The highest BCUT2D eigenvalue weighted by Gasteiger charge is 2.19. The zero-order valence-electron chi connectivity index (χ0n) is 12.7. The summed E-state index contributed by atoms with van der Waals surface area (Å²) in [7, 11) is 0. The molecular formula is C18H22N2O. The maximum Gasteiger partial charge on any atom is 0.253 e. The van der Waals surface area contributed by atoms with E-state index >= 15 is 0 Å². The molecule has 0 aliphatic heterocycles. The normalized spacial score (nSPS) is 10.4. The summed E-state index contributed by atoms with van der Waals surface area (Å²) in [5.74, 6) is -0.00369. The minimum atomic E-state index is -0.00369. The van der Waals surface area contributed by atoms with Gasteiger partial charge in [0.15, 0.2) is 0 Å². The molecule has 2 rings (SSSR count). The molecule has 0 aliphatic rings. The van der Waals surface area contributed by atoms with Crippen molar-refractivity contribution in [1.29, 1.82) is 0 Å². The number of rotatable bonds is 6. The van der Waals surface area contributed by atoms with Crippen LogP contribution >= 0.6 is 0 Å². The quantitative estimate of drug-likeness (QED) is 0.804. The van der Waals surface area contributed by atoms with Gasteiger partial charge in [0, 0.05) is 30.5 Å². The molecule has 110 valence electrons. The highest BCUT2D eigenvalue weighted by molar-refractivity contribution is 6.02. The molecule has 1 amide bonds. The Hall–Kier alpha value is -2.29. The zero-order valence-corrected chi connectivity index (χ0v) is 12.7. The van der Waals surface area contributed by atoms with Gasteiger partial charge in [-0.1, -0.05) is 43.3 Å². The second-order valence-corrected chi connectivity index (χ2v) is 5.07. The van der Waals surface area contributed by atoms with Gasteiger partial charge in [-0.15, -0.1) is 6.58 Å². The largest absolute Gasteiger partial charge is 0.352 e. The fraction of sp³-hybridized carbons (Fsp3) is 0.278. The minimum absolute atomic E-state index is 0.00369. The van der Waals surface area contributed by atoms with E-state index in [0.29, 0.717) is 13.1 Å². The lowest BCUT2D eigenvalue weighted by molar-refractivity contribution is 0.0953. The molecule has 0 saturated carbocycles. The van der Waals surface area contributed by atoms with E-state index in [1.807, 2.05) is 56.5 Å². The van der Waals surface area contributed by atoms with Crippen molar-refractivity contribution in [3.63, 3.8) is 0 Å². The molecule has 0 bridgehead atoms. The van der Waals surface area contributed by atoms with Crippen LogP contribution in [0.2, 0.25) is 0 Å². The predicted molar refractivity (Wildman–Crippen MR) is 87.4 cm³/mol. The van der Waals surface area contributed by atoms with Crippen LogP contribution in [-0.2, 0) is 6.54 Å². The van der Waals surface area contributed by atoms with Gasteiger partial charge in [0.05, 0.1) is 5.56 Å². The summed E-state index contributed by atoms with van der Waals surface area (Å²) in [6.07, 6.45) is 4.81. The molecule has 0 spiro atoms. The molecule has 2 aromatic rings. The number of benzene rings is 1. The lowest BCUT2D eigenvalue weighted by Crippen LogP contribution is -2.25. The first-order chi connectivity index (χ1) is 10.2. The van der Waals surface area contributed by atoms with Crippen LogP contribution in [0.5, 0.6) is 0 Å². The molecule has 1 N–H and O–H groups in total. The third-order valence-corrected chi connectivity index (χ3v) is 3.52. The van der Waals surface area contributed by atoms with E-state index in [9.17, 15) is 4.79 Å². The van der Waals surface area contributed by atoms with Gasteiger partial charge in [0.2, 0.25) is 0 Å². The van der Waals surface area contributed by atoms with Crippen LogP contribution in [0.1, 0.15) is 29.4 Å². The van der Waals surface area contributed by atoms with Gasteiger partial charge in [0.1, 0.15) is 0 Å². The lowest BCUT2D eigenvalue weighted by Gasteiger charge is -2.07. The van der Waals surface area contributed by atoms with Gasteiger partial charge in [0.25, 0.3) is 5.91 Å². The third kappa shape index (κ3) is 3.24. The number of amides is 1. The van der Waals surface area contributed by atoms with Gasteiger partial charge >= 0.3 is 0 Å². The molecule has 1 aromatic heterocycles. The second kappa shape index (κ2) is 6.93. The van der Waals surface area contributed by atoms with Crippen LogP contribution in [-0.4, -0.2) is 17.0 Å². The van der Waals surface area contributed by atoms with Gasteiger partial charge < -0.3 is 9.88 Å². The Morgan fingerprint density at radius 1 is 1.33 bits per heavy atom. The third-order valence-electron chi connectivity index (χ3n) is 3.52. The van der Waals surface area contributed by atoms with E-state index in [2.05, 4.69) is 16.5 Å². The molecule has 0 atom stereocenters. The number of carbonyl (C=O) groups excluding carboxylic acids is 1. The molecule has 0 fully saturated rings. The SMILES string of the molecule is C=CCn1cc(-c2ccccc2)c(C(=O)NCCC)c1C. The smallest absolute Gasteiger partial charge is 0.253 e. The van der Waals surface area contributed by atoms with E-state index in [-0.39, 0.29) is 5.91 Å². The molecule has 21 heavy (non-hydrogen) atoms. The maximum absolute atomic E-state index is 12.5. The number of hydrogen-bond donors (Lipinski definition) is 1. The monoisotopic (exact) mass is 282 g/mol. The summed E-state index contributed by atoms with van der Waals surface area (Å²) in [5, 5.41) is 2.98. The van der Waals surface area contributed by atoms with Crippen molar-refractivity contribution in [3.8, 4) is 11.1 Å². The van der Waals surface area contributed by atoms with E-state index < -0.39 is 0 Å². The first-order valence-electron chi connectivity index (χ1n) is 7.33. The average Bonchev–Trinajstić information content (AvgIpc) is 2.83. The fourth-order valence-electron chi connectivity index (χ4n) is 2.43. The Bertz CT molecular complexity index is 626. The zero-order chi connectivity index (χ0) is 15.2. The maximum atomic E-state index is 12.5. The fourth-order valence-corrected chi connectivity index (χ4v) is 2.43. The topological polar surface area (TPSA) is 34.0 Å². The predicted octanol–water partition coefficient (Wildman–Crippen LogP) is 3.79. The molecule has 0 radical (unpaired) electrons.